The lowest BCUT2D eigenvalue weighted by atomic mass is 10.1. The molecule has 0 bridgehead atoms. The highest BCUT2D eigenvalue weighted by Gasteiger charge is 2.30. The van der Waals surface area contributed by atoms with E-state index in [-0.39, 0.29) is 0 Å². The number of rotatable bonds is 3. The molecule has 27 heavy (non-hydrogen) atoms. The van der Waals surface area contributed by atoms with Gasteiger partial charge in [0.2, 0.25) is 0 Å². The summed E-state index contributed by atoms with van der Waals surface area (Å²) in [6.45, 7) is 0. The number of nitrogens with zero attached hydrogens (tertiary/aromatic N) is 1. The van der Waals surface area contributed by atoms with Crippen molar-refractivity contribution < 1.29 is 13.2 Å². The van der Waals surface area contributed by atoms with Crippen molar-refractivity contribution in [3.63, 3.8) is 0 Å². The fraction of sp³-hybridized carbons (Fsp3) is 0.0455. The third kappa shape index (κ3) is 3.69. The van der Waals surface area contributed by atoms with Crippen LogP contribution in [0.4, 0.5) is 13.2 Å². The van der Waals surface area contributed by atoms with Crippen molar-refractivity contribution in [2.24, 2.45) is 0 Å². The van der Waals surface area contributed by atoms with Crippen LogP contribution in [0.2, 0.25) is 0 Å². The summed E-state index contributed by atoms with van der Waals surface area (Å²) in [5.74, 6) is 0. The Morgan fingerprint density at radius 3 is 2.11 bits per heavy atom. The van der Waals surface area contributed by atoms with E-state index in [1.54, 1.807) is 18.0 Å². The van der Waals surface area contributed by atoms with Crippen molar-refractivity contribution in [2.75, 3.05) is 0 Å². The summed E-state index contributed by atoms with van der Waals surface area (Å²) in [6, 6.07) is 22.9. The molecule has 0 fully saturated rings. The monoisotopic (exact) mass is 381 g/mol. The second-order valence-corrected chi connectivity index (χ2v) is 7.10. The van der Waals surface area contributed by atoms with E-state index in [4.69, 9.17) is 0 Å². The van der Waals surface area contributed by atoms with Gasteiger partial charge in [-0.1, -0.05) is 66.4 Å². The third-order valence-corrected chi connectivity index (χ3v) is 5.33. The minimum absolute atomic E-state index is 0.659. The number of benzene rings is 3. The SMILES string of the molecule is FC(F)(F)c1ccc(-c2ncc3ccccc3c2Sc2ccccc2)cc1. The van der Waals surface area contributed by atoms with E-state index in [2.05, 4.69) is 4.98 Å². The molecule has 1 aromatic heterocycles. The second-order valence-electron chi connectivity index (χ2n) is 6.01. The summed E-state index contributed by atoms with van der Waals surface area (Å²) in [6.07, 6.45) is -2.59. The molecule has 0 aliphatic carbocycles. The van der Waals surface area contributed by atoms with E-state index in [1.165, 1.54) is 12.1 Å². The average molecular weight is 381 g/mol. The summed E-state index contributed by atoms with van der Waals surface area (Å²) in [5.41, 5.74) is 0.674. The molecular formula is C22H14F3NS. The lowest BCUT2D eigenvalue weighted by molar-refractivity contribution is -0.137. The predicted molar refractivity (Wildman–Crippen MR) is 103 cm³/mol. The molecule has 0 atom stereocenters. The van der Waals surface area contributed by atoms with Gasteiger partial charge in [-0.25, -0.2) is 0 Å². The Hall–Kier alpha value is -2.79. The van der Waals surface area contributed by atoms with Gasteiger partial charge < -0.3 is 0 Å². The van der Waals surface area contributed by atoms with E-state index < -0.39 is 11.7 Å². The van der Waals surface area contributed by atoms with Crippen molar-refractivity contribution >= 4 is 22.5 Å². The molecule has 4 rings (SSSR count). The van der Waals surface area contributed by atoms with Crippen LogP contribution < -0.4 is 0 Å². The molecule has 134 valence electrons. The van der Waals surface area contributed by atoms with Crippen LogP contribution in [0, 0.1) is 0 Å². The smallest absolute Gasteiger partial charge is 0.254 e. The topological polar surface area (TPSA) is 12.9 Å². The predicted octanol–water partition coefficient (Wildman–Crippen LogP) is 7.07. The zero-order chi connectivity index (χ0) is 18.9. The molecule has 0 saturated carbocycles. The Balaban J connectivity index is 1.86. The van der Waals surface area contributed by atoms with E-state index in [1.807, 2.05) is 54.6 Å². The van der Waals surface area contributed by atoms with Gasteiger partial charge in [0, 0.05) is 26.9 Å². The lowest BCUT2D eigenvalue weighted by Crippen LogP contribution is -2.04. The summed E-state index contributed by atoms with van der Waals surface area (Å²) in [4.78, 5) is 6.54. The molecule has 0 N–H and O–H groups in total. The Bertz CT molecular complexity index is 1070. The van der Waals surface area contributed by atoms with Crippen LogP contribution >= 0.6 is 11.8 Å². The van der Waals surface area contributed by atoms with Gasteiger partial charge >= 0.3 is 6.18 Å². The summed E-state index contributed by atoms with van der Waals surface area (Å²) < 4.78 is 38.6. The molecule has 0 spiro atoms. The molecule has 4 aromatic rings. The van der Waals surface area contributed by atoms with Gasteiger partial charge in [-0.15, -0.1) is 0 Å². The lowest BCUT2D eigenvalue weighted by Gasteiger charge is -2.13. The van der Waals surface area contributed by atoms with Gasteiger partial charge in [-0.05, 0) is 29.7 Å². The Kier molecular flexibility index (Phi) is 4.62. The number of hydrogen-bond acceptors (Lipinski definition) is 2. The summed E-state index contributed by atoms with van der Waals surface area (Å²) in [5, 5.41) is 2.02. The van der Waals surface area contributed by atoms with Crippen LogP contribution in [0.3, 0.4) is 0 Å². The van der Waals surface area contributed by atoms with Crippen molar-refractivity contribution in [1.29, 1.82) is 0 Å². The zero-order valence-corrected chi connectivity index (χ0v) is 14.9. The number of aromatic nitrogens is 1. The van der Waals surface area contributed by atoms with E-state index in [9.17, 15) is 13.2 Å². The van der Waals surface area contributed by atoms with Gasteiger partial charge in [-0.3, -0.25) is 4.98 Å². The number of halogens is 3. The largest absolute Gasteiger partial charge is 0.416 e. The van der Waals surface area contributed by atoms with Crippen LogP contribution in [-0.4, -0.2) is 4.98 Å². The first kappa shape index (κ1) is 17.6. The number of pyridine rings is 1. The Morgan fingerprint density at radius 2 is 1.41 bits per heavy atom. The highest BCUT2D eigenvalue weighted by atomic mass is 32.2. The molecule has 1 nitrogen and oxygen atoms in total. The van der Waals surface area contributed by atoms with Gasteiger partial charge in [0.15, 0.2) is 0 Å². The fourth-order valence-corrected chi connectivity index (χ4v) is 3.96. The summed E-state index contributed by atoms with van der Waals surface area (Å²) in [7, 11) is 0. The van der Waals surface area contributed by atoms with Crippen molar-refractivity contribution in [2.45, 2.75) is 16.0 Å². The fourth-order valence-electron chi connectivity index (χ4n) is 2.87. The normalized spacial score (nSPS) is 11.7. The van der Waals surface area contributed by atoms with Gasteiger partial charge in [0.1, 0.15) is 0 Å². The molecule has 0 radical (unpaired) electrons. The Morgan fingerprint density at radius 1 is 0.741 bits per heavy atom. The first-order valence-electron chi connectivity index (χ1n) is 8.31. The molecule has 0 aliphatic rings. The molecule has 0 unspecified atom stereocenters. The molecule has 0 amide bonds. The Labute approximate surface area is 158 Å². The standard InChI is InChI=1S/C22H14F3NS/c23-22(24,25)17-12-10-15(11-13-17)20-21(27-18-7-2-1-3-8-18)19-9-5-4-6-16(19)14-26-20/h1-14H. The van der Waals surface area contributed by atoms with Gasteiger partial charge in [0.05, 0.1) is 11.3 Å². The highest BCUT2D eigenvalue weighted by Crippen LogP contribution is 2.40. The molecular weight excluding hydrogens is 367 g/mol. The quantitative estimate of drug-likeness (QED) is 0.376. The minimum atomic E-state index is -4.35. The highest BCUT2D eigenvalue weighted by molar-refractivity contribution is 7.99. The van der Waals surface area contributed by atoms with Crippen molar-refractivity contribution in [3.8, 4) is 11.3 Å². The first-order valence-corrected chi connectivity index (χ1v) is 9.12. The van der Waals surface area contributed by atoms with Crippen LogP contribution in [0.25, 0.3) is 22.0 Å². The molecule has 1 heterocycles. The molecule has 3 aromatic carbocycles. The van der Waals surface area contributed by atoms with Crippen LogP contribution in [0.5, 0.6) is 0 Å². The van der Waals surface area contributed by atoms with Crippen molar-refractivity contribution in [1.82, 2.24) is 4.98 Å². The maximum Gasteiger partial charge on any atom is 0.416 e. The number of alkyl halides is 3. The van der Waals surface area contributed by atoms with Gasteiger partial charge in [0.25, 0.3) is 0 Å². The minimum Gasteiger partial charge on any atom is -0.254 e. The van der Waals surface area contributed by atoms with Crippen LogP contribution in [0.15, 0.2) is 94.9 Å². The van der Waals surface area contributed by atoms with Crippen LogP contribution in [0.1, 0.15) is 5.56 Å². The maximum absolute atomic E-state index is 12.9. The number of hydrogen-bond donors (Lipinski definition) is 0. The molecule has 0 aliphatic heterocycles. The van der Waals surface area contributed by atoms with E-state index >= 15 is 0 Å². The van der Waals surface area contributed by atoms with E-state index in [0.29, 0.717) is 11.3 Å². The summed E-state index contributed by atoms with van der Waals surface area (Å²) >= 11 is 1.56. The number of fused-ring (bicyclic) bond motifs is 1. The van der Waals surface area contributed by atoms with Gasteiger partial charge in [-0.2, -0.15) is 13.2 Å². The first-order chi connectivity index (χ1) is 13.0. The van der Waals surface area contributed by atoms with Crippen LogP contribution in [-0.2, 0) is 6.18 Å². The van der Waals surface area contributed by atoms with Crippen molar-refractivity contribution in [3.05, 3.63) is 90.6 Å². The van der Waals surface area contributed by atoms with E-state index in [0.717, 1.165) is 32.7 Å². The second kappa shape index (κ2) is 7.08. The molecule has 0 saturated heterocycles. The third-order valence-electron chi connectivity index (χ3n) is 4.20. The zero-order valence-electron chi connectivity index (χ0n) is 14.1. The average Bonchev–Trinajstić information content (AvgIpc) is 2.68. The molecule has 5 heteroatoms. The maximum atomic E-state index is 12.9.